The molecule has 0 unspecified atom stereocenters. The van der Waals surface area contributed by atoms with Crippen molar-refractivity contribution < 1.29 is 4.39 Å². The molecule has 1 aliphatic rings. The molecule has 0 heterocycles. The Bertz CT molecular complexity index is 473. The van der Waals surface area contributed by atoms with Crippen molar-refractivity contribution in [2.75, 3.05) is 0 Å². The minimum Gasteiger partial charge on any atom is -0.207 e. The summed E-state index contributed by atoms with van der Waals surface area (Å²) in [5, 5.41) is 0. The molecule has 122 valence electrons. The lowest BCUT2D eigenvalue weighted by Crippen LogP contribution is -2.14. The normalized spacial score (nSPS) is 22.3. The first-order chi connectivity index (χ1) is 10.7. The lowest BCUT2D eigenvalue weighted by atomic mass is 9.79. The number of benzene rings is 1. The summed E-state index contributed by atoms with van der Waals surface area (Å²) in [6, 6.07) is 5.88. The minimum atomic E-state index is 0.00418. The van der Waals surface area contributed by atoms with E-state index in [9.17, 15) is 4.39 Å². The Balaban J connectivity index is 1.79. The first kappa shape index (κ1) is 17.7. The van der Waals surface area contributed by atoms with Gasteiger partial charge in [-0.05, 0) is 85.4 Å². The van der Waals surface area contributed by atoms with Crippen LogP contribution in [0.5, 0.6) is 0 Å². The summed E-state index contributed by atoms with van der Waals surface area (Å²) in [6.07, 6.45) is 12.7. The van der Waals surface area contributed by atoms with Crippen molar-refractivity contribution in [2.24, 2.45) is 11.8 Å². The quantitative estimate of drug-likeness (QED) is 0.496. The van der Waals surface area contributed by atoms with Crippen LogP contribution in [0.3, 0.4) is 0 Å². The summed E-state index contributed by atoms with van der Waals surface area (Å²) in [6.45, 7) is 2.17. The van der Waals surface area contributed by atoms with E-state index < -0.39 is 0 Å². The SMILES string of the molecule is CCCCc1ccc(CCC2CCC(C=CBr)CC2)c(F)c1. The maximum absolute atomic E-state index is 14.2. The van der Waals surface area contributed by atoms with Gasteiger partial charge in [-0.3, -0.25) is 0 Å². The van der Waals surface area contributed by atoms with Crippen molar-refractivity contribution in [3.63, 3.8) is 0 Å². The average Bonchev–Trinajstić information content (AvgIpc) is 2.54. The summed E-state index contributed by atoms with van der Waals surface area (Å²) < 4.78 is 14.2. The van der Waals surface area contributed by atoms with Crippen molar-refractivity contribution in [1.82, 2.24) is 0 Å². The van der Waals surface area contributed by atoms with Crippen molar-refractivity contribution in [3.8, 4) is 0 Å². The fourth-order valence-electron chi connectivity index (χ4n) is 3.46. The van der Waals surface area contributed by atoms with E-state index in [-0.39, 0.29) is 5.82 Å². The van der Waals surface area contributed by atoms with Crippen LogP contribution in [0, 0.1) is 17.7 Å². The first-order valence-corrected chi connectivity index (χ1v) is 9.68. The molecule has 0 atom stereocenters. The molecule has 1 fully saturated rings. The molecular formula is C20H28BrF. The molecule has 0 aromatic heterocycles. The second-order valence-electron chi connectivity index (χ2n) is 6.67. The van der Waals surface area contributed by atoms with Gasteiger partial charge < -0.3 is 0 Å². The Hall–Kier alpha value is -0.630. The van der Waals surface area contributed by atoms with Gasteiger partial charge in [0.15, 0.2) is 0 Å². The fourth-order valence-corrected chi connectivity index (χ4v) is 3.89. The fraction of sp³-hybridized carbons (Fsp3) is 0.600. The molecule has 1 aromatic rings. The highest BCUT2D eigenvalue weighted by Crippen LogP contribution is 2.32. The van der Waals surface area contributed by atoms with E-state index in [0.717, 1.165) is 55.1 Å². The molecule has 2 heteroatoms. The zero-order valence-electron chi connectivity index (χ0n) is 13.7. The Morgan fingerprint density at radius 1 is 1.18 bits per heavy atom. The first-order valence-electron chi connectivity index (χ1n) is 8.77. The largest absolute Gasteiger partial charge is 0.207 e. The molecule has 0 saturated heterocycles. The third-order valence-corrected chi connectivity index (χ3v) is 5.30. The number of rotatable bonds is 7. The van der Waals surface area contributed by atoms with Gasteiger partial charge in [0, 0.05) is 0 Å². The van der Waals surface area contributed by atoms with Gasteiger partial charge in [-0.25, -0.2) is 4.39 Å². The molecule has 1 saturated carbocycles. The van der Waals surface area contributed by atoms with Crippen molar-refractivity contribution >= 4 is 15.9 Å². The van der Waals surface area contributed by atoms with Crippen LogP contribution in [0.2, 0.25) is 0 Å². The van der Waals surface area contributed by atoms with Gasteiger partial charge >= 0.3 is 0 Å². The van der Waals surface area contributed by atoms with Gasteiger partial charge in [0.25, 0.3) is 0 Å². The van der Waals surface area contributed by atoms with Gasteiger partial charge in [-0.15, -0.1) is 0 Å². The van der Waals surface area contributed by atoms with Crippen molar-refractivity contribution in [3.05, 3.63) is 46.2 Å². The predicted octanol–water partition coefficient (Wildman–Crippen LogP) is 6.82. The number of allylic oxidation sites excluding steroid dienone is 1. The van der Waals surface area contributed by atoms with Crippen LogP contribution in [0.15, 0.2) is 29.3 Å². The van der Waals surface area contributed by atoms with E-state index >= 15 is 0 Å². The van der Waals surface area contributed by atoms with Crippen LogP contribution in [0.1, 0.15) is 63.0 Å². The summed E-state index contributed by atoms with van der Waals surface area (Å²) in [5.74, 6) is 1.52. The number of aryl methyl sites for hydroxylation is 2. The van der Waals surface area contributed by atoms with E-state index in [4.69, 9.17) is 0 Å². The van der Waals surface area contributed by atoms with Gasteiger partial charge in [-0.2, -0.15) is 0 Å². The molecule has 2 rings (SSSR count). The Kier molecular flexibility index (Phi) is 7.65. The second-order valence-corrected chi connectivity index (χ2v) is 7.20. The number of hydrogen-bond donors (Lipinski definition) is 0. The zero-order valence-corrected chi connectivity index (χ0v) is 15.2. The van der Waals surface area contributed by atoms with Crippen LogP contribution in [0.4, 0.5) is 4.39 Å². The molecule has 1 aromatic carbocycles. The summed E-state index contributed by atoms with van der Waals surface area (Å²) in [4.78, 5) is 1.99. The molecule has 22 heavy (non-hydrogen) atoms. The Morgan fingerprint density at radius 2 is 1.95 bits per heavy atom. The predicted molar refractivity (Wildman–Crippen MR) is 96.8 cm³/mol. The van der Waals surface area contributed by atoms with Crippen molar-refractivity contribution in [1.29, 1.82) is 0 Å². The van der Waals surface area contributed by atoms with Gasteiger partial charge in [0.2, 0.25) is 0 Å². The van der Waals surface area contributed by atoms with E-state index in [1.165, 1.54) is 25.7 Å². The zero-order chi connectivity index (χ0) is 15.8. The van der Waals surface area contributed by atoms with Gasteiger partial charge in [0.1, 0.15) is 5.82 Å². The van der Waals surface area contributed by atoms with E-state index in [0.29, 0.717) is 0 Å². The van der Waals surface area contributed by atoms with Gasteiger partial charge in [0.05, 0.1) is 0 Å². The highest BCUT2D eigenvalue weighted by molar-refractivity contribution is 9.11. The molecule has 0 amide bonds. The minimum absolute atomic E-state index is 0.00418. The van der Waals surface area contributed by atoms with E-state index in [2.05, 4.69) is 35.0 Å². The standard InChI is InChI=1S/C20H28BrF/c1-2-3-4-18-10-12-19(20(22)15-18)11-9-16-5-7-17(8-6-16)13-14-21/h10,12-17H,2-9,11H2,1H3. The van der Waals surface area contributed by atoms with Crippen molar-refractivity contribution in [2.45, 2.75) is 64.7 Å². The summed E-state index contributed by atoms with van der Waals surface area (Å²) in [7, 11) is 0. The molecule has 0 radical (unpaired) electrons. The molecule has 1 aliphatic carbocycles. The topological polar surface area (TPSA) is 0 Å². The third-order valence-electron chi connectivity index (χ3n) is 4.99. The smallest absolute Gasteiger partial charge is 0.126 e. The highest BCUT2D eigenvalue weighted by Gasteiger charge is 2.19. The van der Waals surface area contributed by atoms with E-state index in [1.54, 1.807) is 6.07 Å². The Labute approximate surface area is 143 Å². The molecule has 0 bridgehead atoms. The monoisotopic (exact) mass is 366 g/mol. The highest BCUT2D eigenvalue weighted by atomic mass is 79.9. The third kappa shape index (κ3) is 5.53. The number of unbranched alkanes of at least 4 members (excludes halogenated alkanes) is 1. The summed E-state index contributed by atoms with van der Waals surface area (Å²) in [5.41, 5.74) is 2.05. The van der Waals surface area contributed by atoms with Crippen LogP contribution in [0.25, 0.3) is 0 Å². The van der Waals surface area contributed by atoms with E-state index in [1.807, 2.05) is 11.1 Å². The molecule has 0 spiro atoms. The maximum atomic E-state index is 14.2. The molecule has 0 nitrogen and oxygen atoms in total. The van der Waals surface area contributed by atoms with Crippen LogP contribution in [-0.4, -0.2) is 0 Å². The van der Waals surface area contributed by atoms with Crippen LogP contribution in [-0.2, 0) is 12.8 Å². The average molecular weight is 367 g/mol. The number of hydrogen-bond acceptors (Lipinski definition) is 0. The van der Waals surface area contributed by atoms with Crippen LogP contribution >= 0.6 is 15.9 Å². The second kappa shape index (κ2) is 9.50. The number of halogens is 2. The van der Waals surface area contributed by atoms with Crippen LogP contribution < -0.4 is 0 Å². The molecule has 0 aliphatic heterocycles. The molecular weight excluding hydrogens is 339 g/mol. The summed E-state index contributed by atoms with van der Waals surface area (Å²) >= 11 is 3.37. The lowest BCUT2D eigenvalue weighted by Gasteiger charge is -2.26. The lowest BCUT2D eigenvalue weighted by molar-refractivity contribution is 0.295. The Morgan fingerprint density at radius 3 is 2.59 bits per heavy atom. The maximum Gasteiger partial charge on any atom is 0.126 e. The van der Waals surface area contributed by atoms with Gasteiger partial charge in [-0.1, -0.05) is 47.5 Å². The molecule has 0 N–H and O–H groups in total.